The second-order valence-electron chi connectivity index (χ2n) is 7.37. The van der Waals surface area contributed by atoms with Gasteiger partial charge < -0.3 is 9.88 Å². The van der Waals surface area contributed by atoms with Gasteiger partial charge in [0.15, 0.2) is 11.5 Å². The number of halogens is 3. The molecule has 3 aromatic rings. The van der Waals surface area contributed by atoms with Gasteiger partial charge in [-0.05, 0) is 43.4 Å². The number of alkyl halides is 3. The Kier molecular flexibility index (Phi) is 4.86. The topological polar surface area (TPSA) is 79.4 Å². The van der Waals surface area contributed by atoms with Gasteiger partial charge in [-0.15, -0.1) is 0 Å². The Morgan fingerprint density at radius 1 is 1.24 bits per heavy atom. The molecule has 4 rings (SSSR count). The summed E-state index contributed by atoms with van der Waals surface area (Å²) in [7, 11) is 0. The summed E-state index contributed by atoms with van der Waals surface area (Å²) in [6, 6.07) is 7.16. The predicted molar refractivity (Wildman–Crippen MR) is 101 cm³/mol. The van der Waals surface area contributed by atoms with Gasteiger partial charge >= 0.3 is 6.18 Å². The fourth-order valence-corrected chi connectivity index (χ4v) is 3.52. The van der Waals surface area contributed by atoms with Crippen molar-refractivity contribution in [3.8, 4) is 6.07 Å². The van der Waals surface area contributed by atoms with Crippen molar-refractivity contribution in [2.75, 3.05) is 5.32 Å². The molecule has 1 aliphatic carbocycles. The van der Waals surface area contributed by atoms with Gasteiger partial charge in [-0.2, -0.15) is 28.4 Å². The van der Waals surface area contributed by atoms with Gasteiger partial charge in [0, 0.05) is 12.6 Å². The third-order valence-corrected chi connectivity index (χ3v) is 5.43. The van der Waals surface area contributed by atoms with Crippen LogP contribution in [0.1, 0.15) is 43.1 Å². The van der Waals surface area contributed by atoms with Crippen molar-refractivity contribution >= 4 is 17.0 Å². The van der Waals surface area contributed by atoms with Gasteiger partial charge in [-0.25, -0.2) is 4.98 Å². The summed E-state index contributed by atoms with van der Waals surface area (Å²) in [5, 5.41) is 12.6. The second-order valence-corrected chi connectivity index (χ2v) is 7.37. The molecule has 150 valence electrons. The molecule has 1 saturated carbocycles. The Labute approximate surface area is 165 Å². The Balaban J connectivity index is 1.66. The number of fused-ring (bicyclic) bond motifs is 1. The zero-order valence-electron chi connectivity index (χ0n) is 15.7. The summed E-state index contributed by atoms with van der Waals surface area (Å²) >= 11 is 0. The highest BCUT2D eigenvalue weighted by Gasteiger charge is 2.30. The van der Waals surface area contributed by atoms with Crippen molar-refractivity contribution in [1.82, 2.24) is 19.5 Å². The van der Waals surface area contributed by atoms with E-state index < -0.39 is 11.7 Å². The summed E-state index contributed by atoms with van der Waals surface area (Å²) in [4.78, 5) is 12.8. The highest BCUT2D eigenvalue weighted by atomic mass is 19.4. The largest absolute Gasteiger partial charge is 0.416 e. The van der Waals surface area contributed by atoms with Crippen LogP contribution in [0.15, 0.2) is 30.6 Å². The van der Waals surface area contributed by atoms with Crippen molar-refractivity contribution in [3.63, 3.8) is 0 Å². The molecule has 2 aromatic heterocycles. The average Bonchev–Trinajstić information content (AvgIpc) is 3.02. The van der Waals surface area contributed by atoms with Crippen LogP contribution in [0.25, 0.3) is 11.2 Å². The zero-order chi connectivity index (χ0) is 20.6. The number of anilines is 1. The lowest BCUT2D eigenvalue weighted by Gasteiger charge is -2.32. The summed E-state index contributed by atoms with van der Waals surface area (Å²) in [6.45, 7) is 2.40. The van der Waals surface area contributed by atoms with Gasteiger partial charge in [-0.1, -0.05) is 18.6 Å². The molecule has 1 unspecified atom stereocenters. The van der Waals surface area contributed by atoms with Crippen LogP contribution >= 0.6 is 0 Å². The van der Waals surface area contributed by atoms with E-state index in [1.54, 1.807) is 10.9 Å². The van der Waals surface area contributed by atoms with Crippen molar-refractivity contribution in [3.05, 3.63) is 47.5 Å². The molecule has 1 atom stereocenters. The van der Waals surface area contributed by atoms with Crippen molar-refractivity contribution in [1.29, 1.82) is 5.26 Å². The molecule has 1 N–H and O–H groups in total. The fourth-order valence-electron chi connectivity index (χ4n) is 3.52. The molecule has 0 bridgehead atoms. The van der Waals surface area contributed by atoms with E-state index in [0.29, 0.717) is 35.0 Å². The van der Waals surface area contributed by atoms with E-state index in [2.05, 4.69) is 27.2 Å². The van der Waals surface area contributed by atoms with Crippen LogP contribution in [0.3, 0.4) is 0 Å². The summed E-state index contributed by atoms with van der Waals surface area (Å²) in [5.74, 6) is 1.10. The minimum atomic E-state index is -4.36. The first-order valence-corrected chi connectivity index (χ1v) is 9.41. The normalized spacial score (nSPS) is 15.7. The average molecular weight is 400 g/mol. The van der Waals surface area contributed by atoms with E-state index in [1.807, 2.05) is 6.07 Å². The van der Waals surface area contributed by atoms with Crippen LogP contribution in [0.5, 0.6) is 0 Å². The highest BCUT2D eigenvalue weighted by molar-refractivity contribution is 5.83. The maximum absolute atomic E-state index is 12.8. The zero-order valence-corrected chi connectivity index (χ0v) is 15.7. The second kappa shape index (κ2) is 7.35. The van der Waals surface area contributed by atoms with Gasteiger partial charge in [0.1, 0.15) is 11.6 Å². The SMILES string of the molecule is CC(Nc1nc(C#N)nc2ncn(Cc3ccc(C(F)(F)F)cc3)c12)C1CCC1. The number of nitrogens with zero attached hydrogens (tertiary/aromatic N) is 5. The predicted octanol–water partition coefficient (Wildman–Crippen LogP) is 4.37. The number of rotatable bonds is 5. The minimum Gasteiger partial charge on any atom is -0.365 e. The number of nitrogens with one attached hydrogen (secondary N) is 1. The van der Waals surface area contributed by atoms with E-state index in [0.717, 1.165) is 25.0 Å². The van der Waals surface area contributed by atoms with E-state index in [4.69, 9.17) is 0 Å². The smallest absolute Gasteiger partial charge is 0.365 e. The minimum absolute atomic E-state index is 0.0283. The molecular formula is C20H19F3N6. The number of nitriles is 1. The number of hydrogen-bond acceptors (Lipinski definition) is 5. The standard InChI is InChI=1S/C20H19F3N6/c1-12(14-3-2-4-14)26-19-17-18(27-16(9-24)28-19)25-11-29(17)10-13-5-7-15(8-6-13)20(21,22)23/h5-8,11-12,14H,2-4,10H2,1H3,(H,26,27,28). The molecule has 0 radical (unpaired) electrons. The van der Waals surface area contributed by atoms with Gasteiger partial charge in [0.25, 0.3) is 0 Å². The maximum atomic E-state index is 12.8. The fraction of sp³-hybridized carbons (Fsp3) is 0.400. The Morgan fingerprint density at radius 3 is 2.55 bits per heavy atom. The molecule has 1 fully saturated rings. The van der Waals surface area contributed by atoms with Crippen LogP contribution in [0.2, 0.25) is 0 Å². The number of hydrogen-bond donors (Lipinski definition) is 1. The molecule has 29 heavy (non-hydrogen) atoms. The van der Waals surface area contributed by atoms with Crippen molar-refractivity contribution in [2.24, 2.45) is 5.92 Å². The molecule has 0 aliphatic heterocycles. The monoisotopic (exact) mass is 400 g/mol. The van der Waals surface area contributed by atoms with Gasteiger partial charge in [-0.3, -0.25) is 0 Å². The third kappa shape index (κ3) is 3.88. The van der Waals surface area contributed by atoms with Crippen LogP contribution in [0.4, 0.5) is 19.0 Å². The van der Waals surface area contributed by atoms with Gasteiger partial charge in [0.05, 0.1) is 11.9 Å². The van der Waals surface area contributed by atoms with E-state index in [-0.39, 0.29) is 11.9 Å². The molecule has 0 amide bonds. The molecule has 9 heteroatoms. The van der Waals surface area contributed by atoms with Gasteiger partial charge in [0.2, 0.25) is 5.82 Å². The molecule has 6 nitrogen and oxygen atoms in total. The number of benzene rings is 1. The lowest BCUT2D eigenvalue weighted by atomic mass is 9.80. The van der Waals surface area contributed by atoms with Crippen LogP contribution in [-0.4, -0.2) is 25.6 Å². The lowest BCUT2D eigenvalue weighted by Crippen LogP contribution is -2.31. The highest BCUT2D eigenvalue weighted by Crippen LogP contribution is 2.32. The molecular weight excluding hydrogens is 381 g/mol. The Hall–Kier alpha value is -3.15. The quantitative estimate of drug-likeness (QED) is 0.688. The third-order valence-electron chi connectivity index (χ3n) is 5.43. The molecule has 1 aliphatic rings. The summed E-state index contributed by atoms with van der Waals surface area (Å²) in [5.41, 5.74) is 1.02. The van der Waals surface area contributed by atoms with E-state index in [9.17, 15) is 18.4 Å². The first kappa shape index (κ1) is 19.2. The molecule has 0 spiro atoms. The van der Waals surface area contributed by atoms with Crippen LogP contribution < -0.4 is 5.32 Å². The summed E-state index contributed by atoms with van der Waals surface area (Å²) in [6.07, 6.45) is 0.718. The Bertz CT molecular complexity index is 1060. The molecule has 1 aromatic carbocycles. The van der Waals surface area contributed by atoms with Crippen LogP contribution in [0, 0.1) is 17.2 Å². The first-order valence-electron chi connectivity index (χ1n) is 9.41. The van der Waals surface area contributed by atoms with E-state index >= 15 is 0 Å². The van der Waals surface area contributed by atoms with Crippen molar-refractivity contribution < 1.29 is 13.2 Å². The van der Waals surface area contributed by atoms with Crippen LogP contribution in [-0.2, 0) is 12.7 Å². The lowest BCUT2D eigenvalue weighted by molar-refractivity contribution is -0.137. The van der Waals surface area contributed by atoms with Crippen molar-refractivity contribution in [2.45, 2.75) is 44.9 Å². The number of aromatic nitrogens is 4. The summed E-state index contributed by atoms with van der Waals surface area (Å²) < 4.78 is 40.1. The Morgan fingerprint density at radius 2 is 1.97 bits per heavy atom. The number of imidazole rings is 1. The molecule has 0 saturated heterocycles. The first-order chi connectivity index (χ1) is 13.8. The molecule has 2 heterocycles. The van der Waals surface area contributed by atoms with E-state index in [1.165, 1.54) is 18.6 Å². The maximum Gasteiger partial charge on any atom is 0.416 e.